The van der Waals surface area contributed by atoms with E-state index in [1.54, 1.807) is 0 Å². The molecule has 0 aromatic carbocycles. The molecule has 0 radical (unpaired) electrons. The molecular formula is C89H164NO8P. The van der Waals surface area contributed by atoms with Crippen LogP contribution in [0.15, 0.2) is 85.1 Å². The number of phosphoric acid groups is 1. The third-order valence-electron chi connectivity index (χ3n) is 19.3. The van der Waals surface area contributed by atoms with Gasteiger partial charge in [-0.1, -0.05) is 420 Å². The van der Waals surface area contributed by atoms with Crippen molar-refractivity contribution in [1.82, 2.24) is 0 Å². The second-order valence-corrected chi connectivity index (χ2v) is 30.5. The highest BCUT2D eigenvalue weighted by molar-refractivity contribution is 7.47. The van der Waals surface area contributed by atoms with Gasteiger partial charge in [0.15, 0.2) is 6.10 Å². The zero-order valence-electron chi connectivity index (χ0n) is 65.5. The number of allylic oxidation sites excluding steroid dienone is 14. The fourth-order valence-electron chi connectivity index (χ4n) is 12.9. The molecule has 0 aliphatic rings. The third kappa shape index (κ3) is 84.0. The molecule has 0 saturated carbocycles. The van der Waals surface area contributed by atoms with E-state index in [-0.39, 0.29) is 38.6 Å². The molecule has 0 amide bonds. The van der Waals surface area contributed by atoms with Crippen LogP contribution in [-0.2, 0) is 32.7 Å². The fraction of sp³-hybridized carbons (Fsp3) is 0.820. The Labute approximate surface area is 614 Å². The van der Waals surface area contributed by atoms with Gasteiger partial charge in [0, 0.05) is 19.4 Å². The van der Waals surface area contributed by atoms with Crippen LogP contribution in [-0.4, -0.2) is 49.3 Å². The molecule has 3 N–H and O–H groups in total. The first-order valence-corrected chi connectivity index (χ1v) is 44.6. The number of esters is 2. The van der Waals surface area contributed by atoms with Crippen LogP contribution in [0.1, 0.15) is 438 Å². The Morgan fingerprint density at radius 3 is 0.838 bits per heavy atom. The summed E-state index contributed by atoms with van der Waals surface area (Å²) in [5.41, 5.74) is 5.42. The van der Waals surface area contributed by atoms with Crippen LogP contribution in [0.3, 0.4) is 0 Å². The molecule has 0 aromatic rings. The van der Waals surface area contributed by atoms with E-state index in [1.165, 1.54) is 334 Å². The highest BCUT2D eigenvalue weighted by Crippen LogP contribution is 2.43. The van der Waals surface area contributed by atoms with Crippen LogP contribution in [0.25, 0.3) is 0 Å². The molecule has 0 aliphatic carbocycles. The van der Waals surface area contributed by atoms with Crippen molar-refractivity contribution in [3.8, 4) is 0 Å². The highest BCUT2D eigenvalue weighted by atomic mass is 31.2. The van der Waals surface area contributed by atoms with Gasteiger partial charge in [-0.05, 0) is 89.9 Å². The lowest BCUT2D eigenvalue weighted by molar-refractivity contribution is -0.161. The molecule has 2 unspecified atom stereocenters. The Hall–Kier alpha value is -2.81. The summed E-state index contributed by atoms with van der Waals surface area (Å²) in [7, 11) is -4.40. The van der Waals surface area contributed by atoms with Gasteiger partial charge in [-0.25, -0.2) is 4.57 Å². The summed E-state index contributed by atoms with van der Waals surface area (Å²) in [6.45, 7) is 3.70. The van der Waals surface area contributed by atoms with Crippen LogP contribution < -0.4 is 5.73 Å². The lowest BCUT2D eigenvalue weighted by Gasteiger charge is -2.19. The molecule has 0 aliphatic heterocycles. The minimum atomic E-state index is -4.40. The van der Waals surface area contributed by atoms with E-state index in [0.717, 1.165) is 70.6 Å². The van der Waals surface area contributed by atoms with E-state index in [4.69, 9.17) is 24.3 Å². The number of rotatable bonds is 82. The zero-order chi connectivity index (χ0) is 71.5. The molecule has 2 atom stereocenters. The maximum absolute atomic E-state index is 12.8. The van der Waals surface area contributed by atoms with Gasteiger partial charge in [-0.2, -0.15) is 0 Å². The van der Waals surface area contributed by atoms with Crippen molar-refractivity contribution in [2.45, 2.75) is 444 Å². The molecule has 10 heteroatoms. The van der Waals surface area contributed by atoms with Crippen molar-refractivity contribution >= 4 is 19.8 Å². The summed E-state index contributed by atoms with van der Waals surface area (Å²) in [6.07, 6.45) is 115. The zero-order valence-corrected chi connectivity index (χ0v) is 66.4. The van der Waals surface area contributed by atoms with Gasteiger partial charge < -0.3 is 20.1 Å². The van der Waals surface area contributed by atoms with Crippen LogP contribution in [0.5, 0.6) is 0 Å². The van der Waals surface area contributed by atoms with Crippen molar-refractivity contribution < 1.29 is 37.6 Å². The Kier molecular flexibility index (Phi) is 81.7. The van der Waals surface area contributed by atoms with Crippen molar-refractivity contribution in [2.75, 3.05) is 26.4 Å². The second-order valence-electron chi connectivity index (χ2n) is 29.0. The number of unbranched alkanes of at least 4 members (excludes halogenated alkanes) is 55. The minimum absolute atomic E-state index is 0.0548. The predicted octanol–water partition coefficient (Wildman–Crippen LogP) is 29.2. The monoisotopic (exact) mass is 1410 g/mol. The van der Waals surface area contributed by atoms with Crippen molar-refractivity contribution in [1.29, 1.82) is 0 Å². The number of phosphoric ester groups is 1. The minimum Gasteiger partial charge on any atom is -0.462 e. The van der Waals surface area contributed by atoms with Crippen molar-refractivity contribution in [3.63, 3.8) is 0 Å². The molecule has 0 bridgehead atoms. The Bertz CT molecular complexity index is 1910. The standard InChI is InChI=1S/C89H164NO8P/c1-3-5-7-9-11-13-15-17-19-21-23-25-27-29-31-33-35-37-39-41-42-43-44-46-48-50-52-54-56-58-60-62-64-66-68-70-72-74-76-78-80-82-89(92)98-87(86-97-99(93,94)96-84-83-90)85-95-88(91)81-79-77-75-73-71-69-67-65-63-61-59-57-55-53-51-49-47-45-40-38-36-34-32-30-28-26-24-22-20-18-16-14-12-10-8-6-4-2/h5,7,11,13,17,19,22-25,29,31,35,37,87H,3-4,6,8-10,12,14-16,18,20-21,26-28,30,32-34,36,38-86,90H2,1-2H3,(H,93,94)/b7-5-,13-11-,19-17-,24-22-,25-23-,31-29-,37-35-. The molecule has 0 heterocycles. The normalized spacial score (nSPS) is 13.2. The molecule has 0 rings (SSSR count). The maximum atomic E-state index is 12.8. The first-order chi connectivity index (χ1) is 48.8. The lowest BCUT2D eigenvalue weighted by atomic mass is 10.0. The average Bonchev–Trinajstić information content (AvgIpc) is 1.19. The molecular weight excluding hydrogens is 1240 g/mol. The third-order valence-corrected chi connectivity index (χ3v) is 20.2. The van der Waals surface area contributed by atoms with Crippen molar-refractivity contribution in [3.05, 3.63) is 85.1 Å². The predicted molar refractivity (Wildman–Crippen MR) is 432 cm³/mol. The van der Waals surface area contributed by atoms with E-state index in [2.05, 4.69) is 98.9 Å². The van der Waals surface area contributed by atoms with Crippen LogP contribution in [0.2, 0.25) is 0 Å². The maximum Gasteiger partial charge on any atom is 0.472 e. The fourth-order valence-corrected chi connectivity index (χ4v) is 13.7. The molecule has 99 heavy (non-hydrogen) atoms. The van der Waals surface area contributed by atoms with E-state index in [0.29, 0.717) is 6.42 Å². The van der Waals surface area contributed by atoms with Gasteiger partial charge >= 0.3 is 19.8 Å². The molecule has 9 nitrogen and oxygen atoms in total. The van der Waals surface area contributed by atoms with E-state index < -0.39 is 26.5 Å². The van der Waals surface area contributed by atoms with Gasteiger partial charge in [0.25, 0.3) is 0 Å². The quantitative estimate of drug-likeness (QED) is 0.0264. The summed E-state index contributed by atoms with van der Waals surface area (Å²) in [4.78, 5) is 35.5. The van der Waals surface area contributed by atoms with Gasteiger partial charge in [-0.15, -0.1) is 0 Å². The molecule has 578 valence electrons. The largest absolute Gasteiger partial charge is 0.472 e. The SMILES string of the molecule is CC/C=C\C/C=C\C/C=C\C/C=C\C/C=C\C/C=C\CCCCCCCCCCCCCCCCCCCCCCCCC(=O)OC(COC(=O)CCCCCCCCCCCCCCCCCCCCCCCCCCC/C=C\CCCCCCCCCC)COP(=O)(O)OCCN. The number of carbonyl (C=O) groups is 2. The topological polar surface area (TPSA) is 134 Å². The smallest absolute Gasteiger partial charge is 0.462 e. The summed E-state index contributed by atoms with van der Waals surface area (Å²) in [5.74, 6) is -0.803. The molecule has 0 aromatic heterocycles. The summed E-state index contributed by atoms with van der Waals surface area (Å²) < 4.78 is 33.3. The highest BCUT2D eigenvalue weighted by Gasteiger charge is 2.26. The Balaban J connectivity index is 3.73. The lowest BCUT2D eigenvalue weighted by Crippen LogP contribution is -2.29. The van der Waals surface area contributed by atoms with Gasteiger partial charge in [0.05, 0.1) is 13.2 Å². The number of nitrogens with two attached hydrogens (primary N) is 1. The van der Waals surface area contributed by atoms with Crippen LogP contribution in [0, 0.1) is 0 Å². The first-order valence-electron chi connectivity index (χ1n) is 43.1. The number of hydrogen-bond donors (Lipinski definition) is 2. The summed E-state index contributed by atoms with van der Waals surface area (Å²) >= 11 is 0. The van der Waals surface area contributed by atoms with Gasteiger partial charge in [-0.3, -0.25) is 18.6 Å². The van der Waals surface area contributed by atoms with E-state index >= 15 is 0 Å². The Morgan fingerprint density at radius 1 is 0.313 bits per heavy atom. The summed E-state index contributed by atoms with van der Waals surface area (Å²) in [6, 6.07) is 0. The Morgan fingerprint density at radius 2 is 0.556 bits per heavy atom. The van der Waals surface area contributed by atoms with E-state index in [1.807, 2.05) is 0 Å². The first kappa shape index (κ1) is 96.2. The number of ether oxygens (including phenoxy) is 2. The number of carbonyl (C=O) groups excluding carboxylic acids is 2. The van der Waals surface area contributed by atoms with Gasteiger partial charge in [0.1, 0.15) is 6.61 Å². The molecule has 0 fully saturated rings. The number of hydrogen-bond acceptors (Lipinski definition) is 8. The second kappa shape index (κ2) is 84.1. The van der Waals surface area contributed by atoms with Crippen LogP contribution >= 0.6 is 7.82 Å². The molecule has 0 spiro atoms. The summed E-state index contributed by atoms with van der Waals surface area (Å²) in [5, 5.41) is 0. The molecule has 0 saturated heterocycles. The van der Waals surface area contributed by atoms with Crippen molar-refractivity contribution in [2.24, 2.45) is 5.73 Å². The van der Waals surface area contributed by atoms with E-state index in [9.17, 15) is 19.0 Å². The van der Waals surface area contributed by atoms with Crippen LogP contribution in [0.4, 0.5) is 0 Å². The van der Waals surface area contributed by atoms with Gasteiger partial charge in [0.2, 0.25) is 0 Å². The average molecular weight is 1410 g/mol.